The van der Waals surface area contributed by atoms with E-state index in [1.807, 2.05) is 4.72 Å². The number of allylic oxidation sites excluding steroid dienone is 1. The molecule has 0 amide bonds. The molecule has 0 bridgehead atoms. The van der Waals surface area contributed by atoms with Crippen LogP contribution in [0.1, 0.15) is 11.1 Å². The summed E-state index contributed by atoms with van der Waals surface area (Å²) in [6.45, 7) is 0. The Kier molecular flexibility index (Phi) is 10.9. The van der Waals surface area contributed by atoms with Crippen LogP contribution in [0.3, 0.4) is 0 Å². The molecule has 18 heteroatoms. The number of rotatable bonds is 9. The van der Waals surface area contributed by atoms with Crippen molar-refractivity contribution < 1.29 is 40.2 Å². The second kappa shape index (κ2) is 14.5. The first kappa shape index (κ1) is 34.7. The van der Waals surface area contributed by atoms with E-state index in [4.69, 9.17) is 31.0 Å². The van der Waals surface area contributed by atoms with Crippen LogP contribution in [0.2, 0.25) is 0 Å². The van der Waals surface area contributed by atoms with Gasteiger partial charge in [-0.3, -0.25) is 0 Å². The van der Waals surface area contributed by atoms with Gasteiger partial charge in [0.05, 0.1) is 43.3 Å². The van der Waals surface area contributed by atoms with Gasteiger partial charge in [-0.1, -0.05) is 17.7 Å². The molecule has 0 saturated carbocycles. The molecule has 5 rings (SSSR count). The molecule has 0 saturated heterocycles. The fourth-order valence-corrected chi connectivity index (χ4v) is 5.42. The van der Waals surface area contributed by atoms with Crippen LogP contribution in [-0.4, -0.2) is 54.7 Å². The number of benzene rings is 2. The van der Waals surface area contributed by atoms with Crippen molar-refractivity contribution in [2.24, 2.45) is 5.14 Å². The van der Waals surface area contributed by atoms with E-state index in [-0.39, 0.29) is 33.4 Å². The Morgan fingerprint density at radius 1 is 1.02 bits per heavy atom. The van der Waals surface area contributed by atoms with Gasteiger partial charge in [0.25, 0.3) is 10.2 Å². The standard InChI is InChI=1S/C26H23ClF4N4O5S.C2H2N2S/c1-38-18-5-3-15(22(10-18)39-2)12-25(28)13-23(20(27)11-24(25)35-41(32,36)37)40-21-6-4-17(26(29,30)31)9-19(21)16-7-8-33-34-14-16;1-3-4-2-5-1/h3-11,13-14,24,35H,12H2,1-2H3,(H2,32,36,37);1-2H. The zero-order valence-electron chi connectivity index (χ0n) is 23.9. The van der Waals surface area contributed by atoms with E-state index in [1.54, 1.807) is 17.1 Å². The minimum Gasteiger partial charge on any atom is -0.497 e. The molecule has 4 aromatic rings. The lowest BCUT2D eigenvalue weighted by Gasteiger charge is -2.34. The summed E-state index contributed by atoms with van der Waals surface area (Å²) < 4.78 is 99.4. The van der Waals surface area contributed by atoms with E-state index in [1.165, 1.54) is 56.1 Å². The van der Waals surface area contributed by atoms with Crippen LogP contribution >= 0.6 is 22.9 Å². The Labute approximate surface area is 269 Å². The normalized spacial score (nSPS) is 18.0. The number of nitrogens with zero attached hydrogens (tertiary/aromatic N) is 4. The van der Waals surface area contributed by atoms with E-state index in [2.05, 4.69) is 20.4 Å². The van der Waals surface area contributed by atoms with Crippen molar-refractivity contribution in [1.29, 1.82) is 0 Å². The van der Waals surface area contributed by atoms with Crippen LogP contribution in [0, 0.1) is 0 Å². The lowest BCUT2D eigenvalue weighted by molar-refractivity contribution is -0.137. The van der Waals surface area contributed by atoms with Gasteiger partial charge in [0.1, 0.15) is 34.0 Å². The molecule has 2 aromatic heterocycles. The van der Waals surface area contributed by atoms with Gasteiger partial charge in [0.15, 0.2) is 5.67 Å². The summed E-state index contributed by atoms with van der Waals surface area (Å²) in [5.41, 5.74) is 0.413. The number of nitrogens with one attached hydrogen (secondary N) is 1. The number of aromatic nitrogens is 4. The molecule has 46 heavy (non-hydrogen) atoms. The van der Waals surface area contributed by atoms with Crippen molar-refractivity contribution in [3.05, 3.63) is 99.9 Å². The predicted octanol–water partition coefficient (Wildman–Crippen LogP) is 5.23. The third kappa shape index (κ3) is 8.97. The maximum Gasteiger partial charge on any atom is 0.416 e. The number of methoxy groups -OCH3 is 2. The third-order valence-electron chi connectivity index (χ3n) is 6.39. The van der Waals surface area contributed by atoms with Crippen LogP contribution in [0.5, 0.6) is 17.2 Å². The highest BCUT2D eigenvalue weighted by Crippen LogP contribution is 2.41. The highest BCUT2D eigenvalue weighted by atomic mass is 35.5. The SMILES string of the molecule is COc1ccc(CC2(F)C=C(Oc3ccc(C(F)(F)F)cc3-c3ccnnc3)C(Cl)=CC2NS(N)(=O)=O)c(OC)c1.c1nncs1. The van der Waals surface area contributed by atoms with E-state index >= 15 is 4.39 Å². The molecule has 1 aliphatic carbocycles. The number of ether oxygens (including phenoxy) is 3. The molecule has 0 radical (unpaired) electrons. The Hall–Kier alpha value is -4.16. The van der Waals surface area contributed by atoms with Crippen molar-refractivity contribution in [3.8, 4) is 28.4 Å². The Bertz CT molecular complexity index is 1800. The van der Waals surface area contributed by atoms with E-state index in [9.17, 15) is 21.6 Å². The average molecular weight is 701 g/mol. The summed E-state index contributed by atoms with van der Waals surface area (Å²) in [6.07, 6.45) is -0.604. The Morgan fingerprint density at radius 2 is 1.76 bits per heavy atom. The van der Waals surface area contributed by atoms with Crippen LogP contribution in [0.4, 0.5) is 17.6 Å². The van der Waals surface area contributed by atoms with Gasteiger partial charge in [-0.05, 0) is 48.0 Å². The molecule has 2 aromatic carbocycles. The number of hydrogen-bond acceptors (Lipinski definition) is 10. The maximum absolute atomic E-state index is 16.8. The number of nitrogens with two attached hydrogens (primary N) is 1. The molecule has 11 nitrogen and oxygen atoms in total. The van der Waals surface area contributed by atoms with E-state index < -0.39 is 40.1 Å². The van der Waals surface area contributed by atoms with Crippen molar-refractivity contribution in [3.63, 3.8) is 0 Å². The topological polar surface area (TPSA) is 151 Å². The highest BCUT2D eigenvalue weighted by Gasteiger charge is 2.43. The summed E-state index contributed by atoms with van der Waals surface area (Å²) in [5.74, 6) is 0.301. The van der Waals surface area contributed by atoms with Crippen LogP contribution in [0.15, 0.2) is 88.8 Å². The predicted molar refractivity (Wildman–Crippen MR) is 162 cm³/mol. The lowest BCUT2D eigenvalue weighted by Crippen LogP contribution is -2.52. The zero-order chi connectivity index (χ0) is 33.5. The van der Waals surface area contributed by atoms with Crippen LogP contribution < -0.4 is 24.1 Å². The van der Waals surface area contributed by atoms with Crippen molar-refractivity contribution >= 4 is 33.1 Å². The Morgan fingerprint density at radius 3 is 2.33 bits per heavy atom. The van der Waals surface area contributed by atoms with Gasteiger partial charge in [0.2, 0.25) is 0 Å². The average Bonchev–Trinajstić information content (AvgIpc) is 3.60. The minimum absolute atomic E-state index is 0.0221. The first-order chi connectivity index (χ1) is 21.7. The third-order valence-corrected chi connectivity index (χ3v) is 7.71. The fraction of sp³-hybridized carbons (Fsp3) is 0.214. The summed E-state index contributed by atoms with van der Waals surface area (Å²) in [6, 6.07) is 7.16. The molecular formula is C28H25ClF4N6O5S2. The molecule has 1 aliphatic rings. The molecular weight excluding hydrogens is 676 g/mol. The van der Waals surface area contributed by atoms with Gasteiger partial charge in [0, 0.05) is 23.6 Å². The smallest absolute Gasteiger partial charge is 0.416 e. The van der Waals surface area contributed by atoms with Crippen LogP contribution in [0.25, 0.3) is 11.1 Å². The van der Waals surface area contributed by atoms with Crippen LogP contribution in [-0.2, 0) is 22.8 Å². The first-order valence-electron chi connectivity index (χ1n) is 12.9. The maximum atomic E-state index is 16.8. The number of hydrogen-bond donors (Lipinski definition) is 2. The second-order valence-corrected chi connectivity index (χ2v) is 11.9. The summed E-state index contributed by atoms with van der Waals surface area (Å²) in [4.78, 5) is 0. The molecule has 0 fully saturated rings. The lowest BCUT2D eigenvalue weighted by atomic mass is 9.85. The summed E-state index contributed by atoms with van der Waals surface area (Å²) >= 11 is 7.86. The van der Waals surface area contributed by atoms with Gasteiger partial charge in [-0.15, -0.1) is 21.5 Å². The summed E-state index contributed by atoms with van der Waals surface area (Å²) in [5, 5.41) is 19.2. The molecule has 2 heterocycles. The summed E-state index contributed by atoms with van der Waals surface area (Å²) in [7, 11) is -1.60. The van der Waals surface area contributed by atoms with Gasteiger partial charge >= 0.3 is 6.18 Å². The largest absolute Gasteiger partial charge is 0.497 e. The monoisotopic (exact) mass is 700 g/mol. The first-order valence-corrected chi connectivity index (χ1v) is 15.7. The fourth-order valence-electron chi connectivity index (χ4n) is 4.31. The molecule has 2 unspecified atom stereocenters. The van der Waals surface area contributed by atoms with Crippen molar-refractivity contribution in [2.75, 3.05) is 14.2 Å². The zero-order valence-corrected chi connectivity index (χ0v) is 26.3. The molecule has 0 aliphatic heterocycles. The van der Waals surface area contributed by atoms with Gasteiger partial charge in [-0.25, -0.2) is 9.53 Å². The number of halogens is 5. The molecule has 3 N–H and O–H groups in total. The van der Waals surface area contributed by atoms with Gasteiger partial charge < -0.3 is 14.2 Å². The molecule has 2 atom stereocenters. The number of alkyl halides is 4. The van der Waals surface area contributed by atoms with E-state index in [0.29, 0.717) is 11.3 Å². The quantitative estimate of drug-likeness (QED) is 0.224. The van der Waals surface area contributed by atoms with Crippen molar-refractivity contribution in [1.82, 2.24) is 25.1 Å². The van der Waals surface area contributed by atoms with Gasteiger partial charge in [-0.2, -0.15) is 36.5 Å². The highest BCUT2D eigenvalue weighted by molar-refractivity contribution is 7.87. The minimum atomic E-state index is -4.66. The Balaban J connectivity index is 0.000000874. The molecule has 244 valence electrons. The molecule has 0 spiro atoms. The second-order valence-electron chi connectivity index (χ2n) is 9.46. The van der Waals surface area contributed by atoms with Crippen molar-refractivity contribution in [2.45, 2.75) is 24.3 Å². The van der Waals surface area contributed by atoms with E-state index in [0.717, 1.165) is 30.4 Å².